The fourth-order valence-corrected chi connectivity index (χ4v) is 3.86. The van der Waals surface area contributed by atoms with Gasteiger partial charge in [0.2, 0.25) is 0 Å². The second-order valence-electron chi connectivity index (χ2n) is 6.86. The molecule has 0 radical (unpaired) electrons. The molecule has 160 valence electrons. The van der Waals surface area contributed by atoms with Crippen molar-refractivity contribution in [2.75, 3.05) is 18.5 Å². The molecule has 0 atom stereocenters. The molecule has 0 unspecified atom stereocenters. The number of hydrogen-bond acceptors (Lipinski definition) is 5. The van der Waals surface area contributed by atoms with Crippen LogP contribution in [0, 0.1) is 0 Å². The number of hydrogen-bond donors (Lipinski definition) is 1. The summed E-state index contributed by atoms with van der Waals surface area (Å²) in [5, 5.41) is 5.86. The summed E-state index contributed by atoms with van der Waals surface area (Å²) in [5.41, 5.74) is 3.69. The Balaban J connectivity index is 1.35. The minimum Gasteiger partial charge on any atom is -0.486 e. The molecule has 0 aliphatic carbocycles. The lowest BCUT2D eigenvalue weighted by atomic mass is 10.1. The first-order chi connectivity index (χ1) is 15.7. The van der Waals surface area contributed by atoms with E-state index < -0.39 is 0 Å². The normalized spacial score (nSPS) is 10.4. The second-order valence-corrected chi connectivity index (χ2v) is 7.72. The lowest BCUT2D eigenvalue weighted by molar-refractivity contribution is -0.118. The summed E-state index contributed by atoms with van der Waals surface area (Å²) in [4.78, 5) is 17.0. The Hall–Kier alpha value is -3.90. The summed E-state index contributed by atoms with van der Waals surface area (Å²) in [6.07, 6.45) is 1.65. The van der Waals surface area contributed by atoms with Gasteiger partial charge in [-0.3, -0.25) is 4.79 Å². The van der Waals surface area contributed by atoms with Crippen molar-refractivity contribution in [3.63, 3.8) is 0 Å². The zero-order chi connectivity index (χ0) is 22.2. The van der Waals surface area contributed by atoms with Crippen molar-refractivity contribution in [1.82, 2.24) is 4.98 Å². The first-order valence-corrected chi connectivity index (χ1v) is 11.0. The molecule has 0 spiro atoms. The molecule has 0 bridgehead atoms. The Labute approximate surface area is 191 Å². The zero-order valence-corrected chi connectivity index (χ0v) is 18.2. The summed E-state index contributed by atoms with van der Waals surface area (Å²) in [6, 6.07) is 24.9. The molecular formula is C26H22N2O3S. The molecule has 0 saturated carbocycles. The molecule has 1 amide bonds. The van der Waals surface area contributed by atoms with E-state index in [9.17, 15) is 4.79 Å². The van der Waals surface area contributed by atoms with Crippen molar-refractivity contribution in [2.24, 2.45) is 0 Å². The third-order valence-corrected chi connectivity index (χ3v) is 5.45. The fraction of sp³-hybridized carbons (Fsp3) is 0.0769. The standard InChI is InChI=1S/C26H22N2O3S/c1-2-16-30-23-10-6-7-11-24(23)31-17-25(29)27-21-14-12-19(13-15-21)22-18-32-26(28-22)20-8-4-3-5-9-20/h2-15,18H,1,16-17H2,(H,27,29). The summed E-state index contributed by atoms with van der Waals surface area (Å²) < 4.78 is 11.2. The van der Waals surface area contributed by atoms with Gasteiger partial charge in [0.25, 0.3) is 5.91 Å². The maximum absolute atomic E-state index is 12.3. The highest BCUT2D eigenvalue weighted by molar-refractivity contribution is 7.13. The highest BCUT2D eigenvalue weighted by Gasteiger charge is 2.09. The van der Waals surface area contributed by atoms with Crippen LogP contribution in [-0.2, 0) is 4.79 Å². The van der Waals surface area contributed by atoms with Crippen LogP contribution in [0.3, 0.4) is 0 Å². The van der Waals surface area contributed by atoms with E-state index in [1.54, 1.807) is 29.5 Å². The smallest absolute Gasteiger partial charge is 0.262 e. The van der Waals surface area contributed by atoms with Gasteiger partial charge in [0, 0.05) is 22.2 Å². The average Bonchev–Trinajstić information content (AvgIpc) is 3.33. The van der Waals surface area contributed by atoms with Gasteiger partial charge in [-0.25, -0.2) is 4.98 Å². The Morgan fingerprint density at radius 2 is 1.59 bits per heavy atom. The van der Waals surface area contributed by atoms with Crippen LogP contribution in [0.4, 0.5) is 5.69 Å². The van der Waals surface area contributed by atoms with Gasteiger partial charge >= 0.3 is 0 Å². The van der Waals surface area contributed by atoms with Gasteiger partial charge in [-0.15, -0.1) is 11.3 Å². The molecule has 0 fully saturated rings. The summed E-state index contributed by atoms with van der Waals surface area (Å²) in [5.74, 6) is 0.830. The molecule has 1 N–H and O–H groups in total. The Bertz CT molecular complexity index is 1190. The summed E-state index contributed by atoms with van der Waals surface area (Å²) in [6.45, 7) is 3.88. The SMILES string of the molecule is C=CCOc1ccccc1OCC(=O)Nc1ccc(-c2csc(-c3ccccc3)n2)cc1. The van der Waals surface area contributed by atoms with Gasteiger partial charge in [-0.2, -0.15) is 0 Å². The third kappa shape index (κ3) is 5.42. The third-order valence-electron chi connectivity index (χ3n) is 4.55. The number of para-hydroxylation sites is 2. The predicted octanol–water partition coefficient (Wildman–Crippen LogP) is 6.06. The molecule has 3 aromatic carbocycles. The van der Waals surface area contributed by atoms with Crippen molar-refractivity contribution in [2.45, 2.75) is 0 Å². The van der Waals surface area contributed by atoms with Gasteiger partial charge in [0.1, 0.15) is 11.6 Å². The minimum absolute atomic E-state index is 0.122. The highest BCUT2D eigenvalue weighted by Crippen LogP contribution is 2.29. The van der Waals surface area contributed by atoms with Gasteiger partial charge in [-0.1, -0.05) is 67.3 Å². The molecule has 4 aromatic rings. The topological polar surface area (TPSA) is 60.5 Å². The molecule has 0 aliphatic heterocycles. The van der Waals surface area contributed by atoms with E-state index in [-0.39, 0.29) is 12.5 Å². The molecule has 4 rings (SSSR count). The molecule has 32 heavy (non-hydrogen) atoms. The maximum atomic E-state index is 12.3. The molecule has 5 nitrogen and oxygen atoms in total. The maximum Gasteiger partial charge on any atom is 0.262 e. The van der Waals surface area contributed by atoms with Crippen LogP contribution in [-0.4, -0.2) is 24.1 Å². The number of carbonyl (C=O) groups is 1. The van der Waals surface area contributed by atoms with Gasteiger partial charge in [-0.05, 0) is 24.3 Å². The van der Waals surface area contributed by atoms with E-state index in [2.05, 4.69) is 11.9 Å². The predicted molar refractivity (Wildman–Crippen MR) is 129 cm³/mol. The van der Waals surface area contributed by atoms with Gasteiger partial charge in [0.05, 0.1) is 5.69 Å². The lowest BCUT2D eigenvalue weighted by Crippen LogP contribution is -2.20. The number of benzene rings is 3. The Morgan fingerprint density at radius 1 is 0.906 bits per heavy atom. The molecule has 1 aromatic heterocycles. The van der Waals surface area contributed by atoms with Crippen LogP contribution in [0.2, 0.25) is 0 Å². The van der Waals surface area contributed by atoms with Crippen LogP contribution < -0.4 is 14.8 Å². The van der Waals surface area contributed by atoms with Crippen molar-refractivity contribution in [3.05, 3.63) is 96.9 Å². The van der Waals surface area contributed by atoms with E-state index >= 15 is 0 Å². The van der Waals surface area contributed by atoms with Crippen molar-refractivity contribution < 1.29 is 14.3 Å². The molecule has 6 heteroatoms. The van der Waals surface area contributed by atoms with Crippen LogP contribution >= 0.6 is 11.3 Å². The van der Waals surface area contributed by atoms with Crippen LogP contribution in [0.1, 0.15) is 0 Å². The first-order valence-electron chi connectivity index (χ1n) is 10.1. The van der Waals surface area contributed by atoms with E-state index in [0.29, 0.717) is 23.8 Å². The number of thiazole rings is 1. The fourth-order valence-electron chi connectivity index (χ4n) is 3.02. The number of rotatable bonds is 9. The van der Waals surface area contributed by atoms with E-state index in [1.165, 1.54) is 0 Å². The number of anilines is 1. The van der Waals surface area contributed by atoms with Crippen LogP contribution in [0.5, 0.6) is 11.5 Å². The number of nitrogens with zero attached hydrogens (tertiary/aromatic N) is 1. The molecule has 0 saturated heterocycles. The van der Waals surface area contributed by atoms with Crippen molar-refractivity contribution >= 4 is 22.9 Å². The van der Waals surface area contributed by atoms with Gasteiger partial charge < -0.3 is 14.8 Å². The average molecular weight is 443 g/mol. The lowest BCUT2D eigenvalue weighted by Gasteiger charge is -2.12. The monoisotopic (exact) mass is 442 g/mol. The quantitative estimate of drug-likeness (QED) is 0.320. The number of carbonyl (C=O) groups excluding carboxylic acids is 1. The number of amides is 1. The van der Waals surface area contributed by atoms with Crippen molar-refractivity contribution in [3.8, 4) is 33.3 Å². The van der Waals surface area contributed by atoms with E-state index in [1.807, 2.05) is 72.1 Å². The number of nitrogens with one attached hydrogen (secondary N) is 1. The minimum atomic E-state index is -0.253. The largest absolute Gasteiger partial charge is 0.486 e. The molecule has 1 heterocycles. The van der Waals surface area contributed by atoms with Gasteiger partial charge in [0.15, 0.2) is 18.1 Å². The summed E-state index contributed by atoms with van der Waals surface area (Å²) in [7, 11) is 0. The Kier molecular flexibility index (Phi) is 6.94. The van der Waals surface area contributed by atoms with E-state index in [0.717, 1.165) is 21.8 Å². The first kappa shape index (κ1) is 21.3. The molecular weight excluding hydrogens is 420 g/mol. The van der Waals surface area contributed by atoms with Crippen LogP contribution in [0.15, 0.2) is 96.9 Å². The zero-order valence-electron chi connectivity index (χ0n) is 17.4. The van der Waals surface area contributed by atoms with E-state index in [4.69, 9.17) is 14.5 Å². The number of ether oxygens (including phenoxy) is 2. The van der Waals surface area contributed by atoms with Crippen molar-refractivity contribution in [1.29, 1.82) is 0 Å². The van der Waals surface area contributed by atoms with Crippen LogP contribution in [0.25, 0.3) is 21.8 Å². The highest BCUT2D eigenvalue weighted by atomic mass is 32.1. The Morgan fingerprint density at radius 3 is 2.31 bits per heavy atom. The second kappa shape index (κ2) is 10.4. The molecule has 0 aliphatic rings. The number of aromatic nitrogens is 1. The summed E-state index contributed by atoms with van der Waals surface area (Å²) >= 11 is 1.61.